The van der Waals surface area contributed by atoms with Crippen molar-refractivity contribution in [2.45, 2.75) is 32.4 Å². The normalized spacial score (nSPS) is 14.8. The Morgan fingerprint density at radius 1 is 1.07 bits per heavy atom. The summed E-state index contributed by atoms with van der Waals surface area (Å²) in [5, 5.41) is 0.524. The largest absolute Gasteiger partial charge is 0.371 e. The molecule has 0 aliphatic carbocycles. The second-order valence-electron chi connectivity index (χ2n) is 7.51. The third-order valence-corrected chi connectivity index (χ3v) is 5.46. The van der Waals surface area contributed by atoms with Crippen molar-refractivity contribution >= 4 is 22.9 Å². The third-order valence-electron chi connectivity index (χ3n) is 5.24. The summed E-state index contributed by atoms with van der Waals surface area (Å²) in [6.07, 6.45) is 5.46. The first kappa shape index (κ1) is 19.0. The Morgan fingerprint density at radius 3 is 2.68 bits per heavy atom. The molecule has 146 valence electrons. The maximum atomic E-state index is 12.4. The molecule has 6 heteroatoms. The average molecular weight is 397 g/mol. The van der Waals surface area contributed by atoms with Crippen LogP contribution in [-0.4, -0.2) is 34.4 Å². The summed E-state index contributed by atoms with van der Waals surface area (Å²) < 4.78 is 1.48. The van der Waals surface area contributed by atoms with Crippen LogP contribution in [0, 0.1) is 0 Å². The zero-order valence-corrected chi connectivity index (χ0v) is 16.9. The molecule has 1 aliphatic rings. The number of halogens is 1. The molecule has 1 aromatic carbocycles. The van der Waals surface area contributed by atoms with Crippen molar-refractivity contribution in [2.75, 3.05) is 25.0 Å². The maximum Gasteiger partial charge on any atom is 0.258 e. The van der Waals surface area contributed by atoms with E-state index in [1.54, 1.807) is 24.4 Å². The Bertz CT molecular complexity index is 1030. The molecule has 0 amide bonds. The van der Waals surface area contributed by atoms with E-state index in [9.17, 15) is 4.79 Å². The van der Waals surface area contributed by atoms with Gasteiger partial charge in [0, 0.05) is 44.1 Å². The van der Waals surface area contributed by atoms with Gasteiger partial charge in [-0.25, -0.2) is 4.98 Å². The van der Waals surface area contributed by atoms with Gasteiger partial charge in [-0.2, -0.15) is 0 Å². The van der Waals surface area contributed by atoms with E-state index < -0.39 is 0 Å². The van der Waals surface area contributed by atoms with Gasteiger partial charge < -0.3 is 4.90 Å². The fourth-order valence-corrected chi connectivity index (χ4v) is 4.08. The van der Waals surface area contributed by atoms with Crippen molar-refractivity contribution in [1.29, 1.82) is 0 Å². The highest BCUT2D eigenvalue weighted by molar-refractivity contribution is 6.30. The number of anilines is 1. The summed E-state index contributed by atoms with van der Waals surface area (Å²) >= 11 is 5.98. The van der Waals surface area contributed by atoms with Crippen LogP contribution in [0.15, 0.2) is 53.5 Å². The van der Waals surface area contributed by atoms with Gasteiger partial charge in [0.2, 0.25) is 0 Å². The zero-order valence-electron chi connectivity index (χ0n) is 16.1. The van der Waals surface area contributed by atoms with Gasteiger partial charge in [0.1, 0.15) is 5.65 Å². The van der Waals surface area contributed by atoms with Crippen LogP contribution in [0.4, 0.5) is 5.69 Å². The molecule has 28 heavy (non-hydrogen) atoms. The van der Waals surface area contributed by atoms with Crippen molar-refractivity contribution in [3.05, 3.63) is 75.3 Å². The number of hydrogen-bond donors (Lipinski definition) is 0. The SMILES string of the molecule is CN(Cc1cc(=O)n2cc(Cl)ccc2n1)Cc1ccccc1N1CCCCC1. The molecule has 0 atom stereocenters. The van der Waals surface area contributed by atoms with Crippen LogP contribution >= 0.6 is 11.6 Å². The minimum absolute atomic E-state index is 0.107. The van der Waals surface area contributed by atoms with Crippen molar-refractivity contribution in [3.63, 3.8) is 0 Å². The predicted molar refractivity (Wildman–Crippen MR) is 114 cm³/mol. The lowest BCUT2D eigenvalue weighted by Gasteiger charge is -2.31. The van der Waals surface area contributed by atoms with Crippen LogP contribution in [0.5, 0.6) is 0 Å². The van der Waals surface area contributed by atoms with Crippen molar-refractivity contribution < 1.29 is 0 Å². The molecular weight excluding hydrogens is 372 g/mol. The lowest BCUT2D eigenvalue weighted by Crippen LogP contribution is -2.31. The number of piperidine rings is 1. The Labute approximate surface area is 170 Å². The van der Waals surface area contributed by atoms with E-state index in [1.165, 1.54) is 34.9 Å². The Morgan fingerprint density at radius 2 is 1.86 bits per heavy atom. The van der Waals surface area contributed by atoms with Gasteiger partial charge in [-0.1, -0.05) is 29.8 Å². The lowest BCUT2D eigenvalue weighted by atomic mass is 10.1. The number of aromatic nitrogens is 2. The molecule has 0 spiro atoms. The number of fused-ring (bicyclic) bond motifs is 1. The maximum absolute atomic E-state index is 12.4. The monoisotopic (exact) mass is 396 g/mol. The van der Waals surface area contributed by atoms with Gasteiger partial charge >= 0.3 is 0 Å². The Hall–Kier alpha value is -2.37. The fourth-order valence-electron chi connectivity index (χ4n) is 3.92. The first-order chi connectivity index (χ1) is 13.6. The lowest BCUT2D eigenvalue weighted by molar-refractivity contribution is 0.315. The summed E-state index contributed by atoms with van der Waals surface area (Å²) in [6, 6.07) is 13.8. The van der Waals surface area contributed by atoms with Crippen molar-refractivity contribution in [3.8, 4) is 0 Å². The van der Waals surface area contributed by atoms with Gasteiger partial charge in [0.05, 0.1) is 10.7 Å². The highest BCUT2D eigenvalue weighted by Gasteiger charge is 2.15. The van der Waals surface area contributed by atoms with Gasteiger partial charge in [-0.3, -0.25) is 14.1 Å². The number of benzene rings is 1. The molecule has 1 fully saturated rings. The fraction of sp³-hybridized carbons (Fsp3) is 0.364. The summed E-state index contributed by atoms with van der Waals surface area (Å²) in [5.74, 6) is 0. The van der Waals surface area contributed by atoms with Crippen molar-refractivity contribution in [2.24, 2.45) is 0 Å². The number of rotatable bonds is 5. The van der Waals surface area contributed by atoms with Crippen LogP contribution in [0.25, 0.3) is 5.65 Å². The predicted octanol–water partition coefficient (Wildman–Crippen LogP) is 3.97. The highest BCUT2D eigenvalue weighted by atomic mass is 35.5. The van der Waals surface area contributed by atoms with Gasteiger partial charge in [0.15, 0.2) is 0 Å². The van der Waals surface area contributed by atoms with Crippen LogP contribution in [-0.2, 0) is 13.1 Å². The molecule has 4 rings (SSSR count). The summed E-state index contributed by atoms with van der Waals surface area (Å²) in [4.78, 5) is 21.7. The average Bonchev–Trinajstić information content (AvgIpc) is 2.70. The van der Waals surface area contributed by atoms with E-state index in [0.717, 1.165) is 25.3 Å². The van der Waals surface area contributed by atoms with E-state index in [2.05, 4.69) is 46.1 Å². The Kier molecular flexibility index (Phi) is 5.64. The van der Waals surface area contributed by atoms with Gasteiger partial charge in [-0.05, 0) is 50.1 Å². The molecule has 3 aromatic rings. The van der Waals surface area contributed by atoms with Crippen LogP contribution < -0.4 is 10.5 Å². The second-order valence-corrected chi connectivity index (χ2v) is 7.95. The van der Waals surface area contributed by atoms with E-state index in [0.29, 0.717) is 17.2 Å². The molecule has 1 aliphatic heterocycles. The highest BCUT2D eigenvalue weighted by Crippen LogP contribution is 2.25. The van der Waals surface area contributed by atoms with E-state index in [-0.39, 0.29) is 5.56 Å². The first-order valence-electron chi connectivity index (χ1n) is 9.79. The standard InChI is InChI=1S/C22H25ClN4O/c1-25(14-17-7-3-4-8-20(17)26-11-5-2-6-12-26)16-19-13-22(28)27-15-18(23)9-10-21(27)24-19/h3-4,7-10,13,15H,2,5-6,11-12,14,16H2,1H3. The van der Waals surface area contributed by atoms with Crippen molar-refractivity contribution in [1.82, 2.24) is 14.3 Å². The third kappa shape index (κ3) is 4.21. The molecule has 1 saturated heterocycles. The summed E-state index contributed by atoms with van der Waals surface area (Å²) in [7, 11) is 2.07. The first-order valence-corrected chi connectivity index (χ1v) is 10.2. The van der Waals surface area contributed by atoms with E-state index >= 15 is 0 Å². The molecule has 0 radical (unpaired) electrons. The minimum Gasteiger partial charge on any atom is -0.371 e. The van der Waals surface area contributed by atoms with Gasteiger partial charge in [-0.15, -0.1) is 0 Å². The Balaban J connectivity index is 1.52. The molecule has 0 unspecified atom stereocenters. The molecule has 5 nitrogen and oxygen atoms in total. The summed E-state index contributed by atoms with van der Waals surface area (Å²) in [6.45, 7) is 3.69. The van der Waals surface area contributed by atoms with E-state index in [1.807, 2.05) is 0 Å². The second kappa shape index (κ2) is 8.33. The minimum atomic E-state index is -0.107. The molecular formula is C22H25ClN4O. The smallest absolute Gasteiger partial charge is 0.258 e. The number of pyridine rings is 1. The number of nitrogens with zero attached hydrogens (tertiary/aromatic N) is 4. The summed E-state index contributed by atoms with van der Waals surface area (Å²) in [5.41, 5.74) is 3.93. The topological polar surface area (TPSA) is 40.9 Å². The van der Waals surface area contributed by atoms with E-state index in [4.69, 9.17) is 11.6 Å². The molecule has 0 bridgehead atoms. The van der Waals surface area contributed by atoms with Crippen LogP contribution in [0.3, 0.4) is 0 Å². The van der Waals surface area contributed by atoms with Crippen LogP contribution in [0.2, 0.25) is 5.02 Å². The quantitative estimate of drug-likeness (QED) is 0.654. The zero-order chi connectivity index (χ0) is 19.5. The van der Waals surface area contributed by atoms with Gasteiger partial charge in [0.25, 0.3) is 5.56 Å². The molecule has 3 heterocycles. The number of para-hydroxylation sites is 1. The van der Waals surface area contributed by atoms with Crippen LogP contribution in [0.1, 0.15) is 30.5 Å². The number of hydrogen-bond acceptors (Lipinski definition) is 4. The molecule has 2 aromatic heterocycles. The molecule has 0 N–H and O–H groups in total. The molecule has 0 saturated carbocycles.